The van der Waals surface area contributed by atoms with E-state index in [9.17, 15) is 14.7 Å². The summed E-state index contributed by atoms with van der Waals surface area (Å²) in [5.41, 5.74) is 5.02. The molecule has 1 amide bonds. The van der Waals surface area contributed by atoms with Crippen LogP contribution in [0.3, 0.4) is 0 Å². The number of benzene rings is 7. The molecule has 7 aromatic rings. The molecule has 1 atom stereocenters. The predicted octanol–water partition coefficient (Wildman–Crippen LogP) is 10.1. The van der Waals surface area contributed by atoms with Gasteiger partial charge in [0.15, 0.2) is 0 Å². The number of alkyl carbamates (subject to hydrolysis) is 1. The molecule has 0 aromatic heterocycles. The van der Waals surface area contributed by atoms with Crippen molar-refractivity contribution in [2.24, 2.45) is 0 Å². The molecule has 8 rings (SSSR count). The van der Waals surface area contributed by atoms with Gasteiger partial charge in [0.05, 0.1) is 0 Å². The van der Waals surface area contributed by atoms with Crippen LogP contribution in [0.2, 0.25) is 10.1 Å². The fourth-order valence-corrected chi connectivity index (χ4v) is 18.5. The van der Waals surface area contributed by atoms with Crippen LogP contribution in [-0.2, 0) is 16.0 Å². The fourth-order valence-electron chi connectivity index (χ4n) is 9.69. The maximum Gasteiger partial charge on any atom is 0.407 e. The van der Waals surface area contributed by atoms with E-state index in [0.717, 1.165) is 43.0 Å². The van der Waals surface area contributed by atoms with Crippen LogP contribution in [-0.4, -0.2) is 46.5 Å². The van der Waals surface area contributed by atoms with Gasteiger partial charge in [-0.05, 0) is 70.8 Å². The van der Waals surface area contributed by atoms with Crippen molar-refractivity contribution in [2.45, 2.75) is 70.0 Å². The van der Waals surface area contributed by atoms with Gasteiger partial charge in [0.2, 0.25) is 0 Å². The molecule has 9 heteroatoms. The van der Waals surface area contributed by atoms with Gasteiger partial charge in [-0.15, -0.1) is 0 Å². The summed E-state index contributed by atoms with van der Waals surface area (Å²) in [6.45, 7) is 13.5. The van der Waals surface area contributed by atoms with Crippen LogP contribution in [0, 0.1) is 0 Å². The summed E-state index contributed by atoms with van der Waals surface area (Å²) in [6, 6.07) is 62.4. The largest absolute Gasteiger partial charge is 0.532 e. The number of fused-ring (bicyclic) bond motifs is 3. The zero-order valence-electron chi connectivity index (χ0n) is 38.0. The summed E-state index contributed by atoms with van der Waals surface area (Å²) in [5.74, 6) is -0.274. The van der Waals surface area contributed by atoms with Crippen LogP contribution in [0.4, 0.5) is 4.79 Å². The van der Waals surface area contributed by atoms with Gasteiger partial charge in [-0.1, -0.05) is 217 Å². The van der Waals surface area contributed by atoms with Crippen molar-refractivity contribution < 1.29 is 28.3 Å². The lowest BCUT2D eigenvalue weighted by atomic mass is 9.98. The lowest BCUT2D eigenvalue weighted by Crippen LogP contribution is -2.69. The molecule has 0 fully saturated rings. The topological polar surface area (TPSA) is 94.1 Å². The number of aliphatic carboxylic acids is 1. The van der Waals surface area contributed by atoms with Gasteiger partial charge in [0, 0.05) is 12.3 Å². The highest BCUT2D eigenvalue weighted by atomic mass is 28.4. The first-order chi connectivity index (χ1) is 31.2. The number of ether oxygens (including phenoxy) is 1. The van der Waals surface area contributed by atoms with Crippen molar-refractivity contribution in [3.05, 3.63) is 205 Å². The molecule has 0 saturated carbocycles. The van der Waals surface area contributed by atoms with Crippen molar-refractivity contribution >= 4 is 49.4 Å². The summed E-state index contributed by atoms with van der Waals surface area (Å²) >= 11 is 0. The standard InChI is InChI=1S/C56H57NO6Si2/c1-55(2,3)64(41-23-11-7-12-24-41,42-25-13-8-14-26-42)62-51-36-35-40(38-52(51)63-65(56(4,5)6,43-27-15-9-16-28-43)44-29-17-10-18-30-44)37-50(53(58)59)57-54(60)61-39-49-47-33-21-19-31-45(47)46-32-20-22-34-48(46)49/h7-36,38,49-50H,37,39H2,1-6H3,(H,57,60)(H,58,59)/t50-/m0/s1. The minimum Gasteiger partial charge on any atom is -0.532 e. The van der Waals surface area contributed by atoms with Gasteiger partial charge in [0.25, 0.3) is 0 Å². The molecule has 2 N–H and O–H groups in total. The number of rotatable bonds is 14. The second-order valence-corrected chi connectivity index (χ2v) is 27.3. The average Bonchev–Trinajstić information content (AvgIpc) is 3.63. The number of amides is 1. The van der Waals surface area contributed by atoms with E-state index in [2.05, 4.69) is 168 Å². The van der Waals surface area contributed by atoms with E-state index in [-0.39, 0.29) is 24.0 Å². The van der Waals surface area contributed by atoms with Crippen molar-refractivity contribution in [2.75, 3.05) is 6.61 Å². The van der Waals surface area contributed by atoms with Gasteiger partial charge in [-0.2, -0.15) is 0 Å². The SMILES string of the molecule is CC(C)(C)[Si](Oc1ccc(C[C@H](NC(=O)OCC2c3ccccc3-c3ccccc32)C(=O)O)cc1O[Si](c1ccccc1)(c1ccccc1)C(C)(C)C)(c1ccccc1)c1ccccc1. The average molecular weight is 896 g/mol. The molecule has 0 bridgehead atoms. The Kier molecular flexibility index (Phi) is 12.7. The minimum absolute atomic E-state index is 0.0316. The molecule has 0 heterocycles. The Morgan fingerprint density at radius 1 is 0.538 bits per heavy atom. The first-order valence-electron chi connectivity index (χ1n) is 22.3. The summed E-state index contributed by atoms with van der Waals surface area (Å²) in [4.78, 5) is 26.6. The Balaban J connectivity index is 1.20. The Labute approximate surface area is 385 Å². The van der Waals surface area contributed by atoms with Gasteiger partial charge < -0.3 is 24.0 Å². The van der Waals surface area contributed by atoms with E-state index >= 15 is 0 Å². The van der Waals surface area contributed by atoms with Gasteiger partial charge >= 0.3 is 28.7 Å². The number of carbonyl (C=O) groups excluding carboxylic acids is 1. The van der Waals surface area contributed by atoms with Crippen molar-refractivity contribution in [3.63, 3.8) is 0 Å². The monoisotopic (exact) mass is 895 g/mol. The van der Waals surface area contributed by atoms with E-state index < -0.39 is 39.8 Å². The summed E-state index contributed by atoms with van der Waals surface area (Å²) in [6.07, 6.45) is -0.828. The van der Waals surface area contributed by atoms with E-state index in [1.54, 1.807) is 0 Å². The highest BCUT2D eigenvalue weighted by molar-refractivity contribution is 7.01. The lowest BCUT2D eigenvalue weighted by Gasteiger charge is -2.45. The zero-order valence-corrected chi connectivity index (χ0v) is 40.0. The number of nitrogens with one attached hydrogen (secondary N) is 1. The minimum atomic E-state index is -3.26. The molecule has 0 saturated heterocycles. The smallest absolute Gasteiger partial charge is 0.407 e. The molecule has 1 aliphatic carbocycles. The van der Waals surface area contributed by atoms with Crippen molar-refractivity contribution in [3.8, 4) is 22.6 Å². The van der Waals surface area contributed by atoms with E-state index in [1.807, 2.05) is 66.7 Å². The highest BCUT2D eigenvalue weighted by Crippen LogP contribution is 2.46. The Morgan fingerprint density at radius 3 is 1.32 bits per heavy atom. The van der Waals surface area contributed by atoms with E-state index in [0.29, 0.717) is 17.1 Å². The molecule has 65 heavy (non-hydrogen) atoms. The number of hydrogen-bond donors (Lipinski definition) is 2. The molecule has 1 aliphatic rings. The number of carboxylic acids is 1. The van der Waals surface area contributed by atoms with Crippen LogP contribution in [0.5, 0.6) is 11.5 Å². The highest BCUT2D eigenvalue weighted by Gasteiger charge is 2.55. The van der Waals surface area contributed by atoms with Crippen LogP contribution < -0.4 is 34.9 Å². The number of hydrogen-bond acceptors (Lipinski definition) is 5. The molecule has 7 aromatic carbocycles. The second-order valence-electron chi connectivity index (χ2n) is 18.9. The Bertz CT molecular complexity index is 2630. The fraction of sp³-hybridized carbons (Fsp3) is 0.214. The summed E-state index contributed by atoms with van der Waals surface area (Å²) in [5, 5.41) is 16.9. The third-order valence-corrected chi connectivity index (χ3v) is 22.6. The summed E-state index contributed by atoms with van der Waals surface area (Å²) < 4.78 is 21.4. The quantitative estimate of drug-likeness (QED) is 0.106. The maximum absolute atomic E-state index is 13.6. The number of carbonyl (C=O) groups is 2. The summed E-state index contributed by atoms with van der Waals surface area (Å²) in [7, 11) is -6.44. The maximum atomic E-state index is 13.6. The number of carboxylic acid groups (broad SMARTS) is 1. The van der Waals surface area contributed by atoms with Gasteiger partial charge in [0.1, 0.15) is 24.1 Å². The van der Waals surface area contributed by atoms with Crippen LogP contribution in [0.15, 0.2) is 188 Å². The predicted molar refractivity (Wildman–Crippen MR) is 266 cm³/mol. The van der Waals surface area contributed by atoms with E-state index in [1.165, 1.54) is 0 Å². The molecule has 0 spiro atoms. The van der Waals surface area contributed by atoms with Gasteiger partial charge in [-0.25, -0.2) is 9.59 Å². The van der Waals surface area contributed by atoms with E-state index in [4.69, 9.17) is 13.6 Å². The zero-order chi connectivity index (χ0) is 45.8. The normalized spacial score (nSPS) is 13.3. The molecule has 330 valence electrons. The Morgan fingerprint density at radius 2 is 0.923 bits per heavy atom. The second kappa shape index (κ2) is 18.4. The van der Waals surface area contributed by atoms with Crippen molar-refractivity contribution in [1.29, 1.82) is 0 Å². The molecular formula is C56H57NO6Si2. The lowest BCUT2D eigenvalue weighted by molar-refractivity contribution is -0.139. The molecule has 0 aliphatic heterocycles. The Hall–Kier alpha value is -6.69. The van der Waals surface area contributed by atoms with Crippen LogP contribution in [0.1, 0.15) is 64.2 Å². The first-order valence-corrected chi connectivity index (χ1v) is 26.1. The van der Waals surface area contributed by atoms with Gasteiger partial charge in [-0.3, -0.25) is 0 Å². The third kappa shape index (κ3) is 8.78. The molecule has 0 radical (unpaired) electrons. The van der Waals surface area contributed by atoms with Crippen LogP contribution >= 0.6 is 0 Å². The van der Waals surface area contributed by atoms with Crippen molar-refractivity contribution in [1.82, 2.24) is 5.32 Å². The molecule has 0 unspecified atom stereocenters. The third-order valence-electron chi connectivity index (χ3n) is 12.7. The van der Waals surface area contributed by atoms with Crippen LogP contribution in [0.25, 0.3) is 11.1 Å². The first kappa shape index (κ1) is 44.9. The molecular weight excluding hydrogens is 839 g/mol. The molecule has 7 nitrogen and oxygen atoms in total.